The van der Waals surface area contributed by atoms with E-state index in [0.717, 1.165) is 25.4 Å². The number of hydrogen-bond acceptors (Lipinski definition) is 2. The van der Waals surface area contributed by atoms with Crippen LogP contribution >= 0.6 is 0 Å². The molecule has 2 rings (SSSR count). The van der Waals surface area contributed by atoms with Crippen LogP contribution in [0.3, 0.4) is 0 Å². The lowest BCUT2D eigenvalue weighted by Gasteiger charge is -2.33. The van der Waals surface area contributed by atoms with E-state index in [1.165, 1.54) is 37.7 Å². The fraction of sp³-hybridized carbons (Fsp3) is 0.647. The Kier molecular flexibility index (Phi) is 5.26. The van der Waals surface area contributed by atoms with E-state index in [1.54, 1.807) is 0 Å². The SMILES string of the molecule is CCOc1cccc(CNCC2(C)CCCCC2)c1. The summed E-state index contributed by atoms with van der Waals surface area (Å²) in [6.07, 6.45) is 6.97. The Bertz CT molecular complexity index is 383. The second-order valence-corrected chi connectivity index (χ2v) is 6.06. The van der Waals surface area contributed by atoms with Crippen molar-refractivity contribution in [1.82, 2.24) is 5.32 Å². The zero-order valence-corrected chi connectivity index (χ0v) is 12.4. The maximum Gasteiger partial charge on any atom is 0.119 e. The Balaban J connectivity index is 1.80. The summed E-state index contributed by atoms with van der Waals surface area (Å²) in [5.41, 5.74) is 1.82. The van der Waals surface area contributed by atoms with Crippen molar-refractivity contribution in [2.75, 3.05) is 13.2 Å². The highest BCUT2D eigenvalue weighted by Gasteiger charge is 2.25. The van der Waals surface area contributed by atoms with E-state index in [-0.39, 0.29) is 0 Å². The molecule has 2 nitrogen and oxygen atoms in total. The molecule has 1 N–H and O–H groups in total. The monoisotopic (exact) mass is 261 g/mol. The van der Waals surface area contributed by atoms with Crippen LogP contribution in [0.15, 0.2) is 24.3 Å². The molecule has 0 saturated heterocycles. The van der Waals surface area contributed by atoms with Crippen LogP contribution in [0.1, 0.15) is 51.5 Å². The Labute approximate surface area is 117 Å². The standard InChI is InChI=1S/C17H27NO/c1-3-19-16-9-7-8-15(12-16)13-18-14-17(2)10-5-4-6-11-17/h7-9,12,18H,3-6,10-11,13-14H2,1-2H3. The van der Waals surface area contributed by atoms with Crippen molar-refractivity contribution < 1.29 is 4.74 Å². The summed E-state index contributed by atoms with van der Waals surface area (Å²) in [6, 6.07) is 8.40. The molecule has 19 heavy (non-hydrogen) atoms. The van der Waals surface area contributed by atoms with Crippen LogP contribution < -0.4 is 10.1 Å². The molecule has 0 aromatic heterocycles. The Morgan fingerprint density at radius 2 is 2.00 bits per heavy atom. The van der Waals surface area contributed by atoms with Crippen LogP contribution in [0.25, 0.3) is 0 Å². The molecule has 0 heterocycles. The number of ether oxygens (including phenoxy) is 1. The van der Waals surface area contributed by atoms with Gasteiger partial charge in [-0.05, 0) is 42.9 Å². The normalized spacial score (nSPS) is 18.2. The predicted octanol–water partition coefficient (Wildman–Crippen LogP) is 4.15. The van der Waals surface area contributed by atoms with E-state index < -0.39 is 0 Å². The molecule has 1 aromatic rings. The van der Waals surface area contributed by atoms with Crippen LogP contribution in [-0.4, -0.2) is 13.2 Å². The summed E-state index contributed by atoms with van der Waals surface area (Å²) in [7, 11) is 0. The molecule has 0 spiro atoms. The lowest BCUT2D eigenvalue weighted by molar-refractivity contribution is 0.207. The quantitative estimate of drug-likeness (QED) is 0.830. The smallest absolute Gasteiger partial charge is 0.119 e. The van der Waals surface area contributed by atoms with Gasteiger partial charge in [0.2, 0.25) is 0 Å². The van der Waals surface area contributed by atoms with E-state index in [0.29, 0.717) is 5.41 Å². The first kappa shape index (κ1) is 14.4. The molecule has 106 valence electrons. The van der Waals surface area contributed by atoms with E-state index in [9.17, 15) is 0 Å². The average molecular weight is 261 g/mol. The molecular formula is C17H27NO. The Hall–Kier alpha value is -1.02. The second kappa shape index (κ2) is 6.95. The summed E-state index contributed by atoms with van der Waals surface area (Å²) < 4.78 is 5.53. The van der Waals surface area contributed by atoms with Crippen molar-refractivity contribution in [3.8, 4) is 5.75 Å². The molecule has 0 atom stereocenters. The van der Waals surface area contributed by atoms with Crippen molar-refractivity contribution in [2.45, 2.75) is 52.5 Å². The van der Waals surface area contributed by atoms with Gasteiger partial charge in [0.1, 0.15) is 5.75 Å². The third-order valence-corrected chi connectivity index (χ3v) is 4.15. The molecule has 1 aromatic carbocycles. The summed E-state index contributed by atoms with van der Waals surface area (Å²) in [5.74, 6) is 0.977. The largest absolute Gasteiger partial charge is 0.494 e. The number of benzene rings is 1. The molecule has 0 radical (unpaired) electrons. The minimum Gasteiger partial charge on any atom is -0.494 e. The minimum absolute atomic E-state index is 0.510. The van der Waals surface area contributed by atoms with Gasteiger partial charge in [0.05, 0.1) is 6.61 Å². The molecule has 2 heteroatoms. The van der Waals surface area contributed by atoms with Crippen LogP contribution in [0, 0.1) is 5.41 Å². The Morgan fingerprint density at radius 1 is 1.21 bits per heavy atom. The van der Waals surface area contributed by atoms with Gasteiger partial charge in [-0.1, -0.05) is 38.3 Å². The predicted molar refractivity (Wildman–Crippen MR) is 80.5 cm³/mol. The van der Waals surface area contributed by atoms with Crippen LogP contribution in [0.4, 0.5) is 0 Å². The minimum atomic E-state index is 0.510. The zero-order valence-electron chi connectivity index (χ0n) is 12.4. The van der Waals surface area contributed by atoms with Crippen LogP contribution in [-0.2, 0) is 6.54 Å². The maximum absolute atomic E-state index is 5.53. The second-order valence-electron chi connectivity index (χ2n) is 6.06. The van der Waals surface area contributed by atoms with Crippen molar-refractivity contribution in [1.29, 1.82) is 0 Å². The zero-order chi connectivity index (χ0) is 13.6. The van der Waals surface area contributed by atoms with Gasteiger partial charge >= 0.3 is 0 Å². The molecule has 1 aliphatic carbocycles. The fourth-order valence-electron chi connectivity index (χ4n) is 3.00. The number of rotatable bonds is 6. The molecule has 0 amide bonds. The number of nitrogens with one attached hydrogen (secondary N) is 1. The summed E-state index contributed by atoms with van der Waals surface area (Å²) in [5, 5.41) is 3.63. The van der Waals surface area contributed by atoms with Crippen LogP contribution in [0.2, 0.25) is 0 Å². The van der Waals surface area contributed by atoms with E-state index in [4.69, 9.17) is 4.74 Å². The van der Waals surface area contributed by atoms with Crippen molar-refractivity contribution >= 4 is 0 Å². The molecule has 1 aliphatic rings. The first-order valence-electron chi connectivity index (χ1n) is 7.64. The first-order valence-corrected chi connectivity index (χ1v) is 7.64. The highest BCUT2D eigenvalue weighted by Crippen LogP contribution is 2.34. The van der Waals surface area contributed by atoms with Gasteiger partial charge in [-0.15, -0.1) is 0 Å². The molecular weight excluding hydrogens is 234 g/mol. The highest BCUT2D eigenvalue weighted by atomic mass is 16.5. The van der Waals surface area contributed by atoms with Gasteiger partial charge in [0.25, 0.3) is 0 Å². The third-order valence-electron chi connectivity index (χ3n) is 4.15. The van der Waals surface area contributed by atoms with Gasteiger partial charge in [-0.25, -0.2) is 0 Å². The van der Waals surface area contributed by atoms with E-state index >= 15 is 0 Å². The fourth-order valence-corrected chi connectivity index (χ4v) is 3.00. The lowest BCUT2D eigenvalue weighted by Crippen LogP contribution is -2.33. The van der Waals surface area contributed by atoms with Gasteiger partial charge in [0.15, 0.2) is 0 Å². The summed E-state index contributed by atoms with van der Waals surface area (Å²) in [4.78, 5) is 0. The molecule has 0 aliphatic heterocycles. The van der Waals surface area contributed by atoms with Crippen molar-refractivity contribution in [3.63, 3.8) is 0 Å². The Morgan fingerprint density at radius 3 is 2.74 bits per heavy atom. The highest BCUT2D eigenvalue weighted by molar-refractivity contribution is 5.28. The van der Waals surface area contributed by atoms with E-state index in [1.807, 2.05) is 13.0 Å². The topological polar surface area (TPSA) is 21.3 Å². The van der Waals surface area contributed by atoms with Gasteiger partial charge in [-0.3, -0.25) is 0 Å². The van der Waals surface area contributed by atoms with Gasteiger partial charge < -0.3 is 10.1 Å². The van der Waals surface area contributed by atoms with Gasteiger partial charge in [-0.2, -0.15) is 0 Å². The lowest BCUT2D eigenvalue weighted by atomic mass is 9.76. The van der Waals surface area contributed by atoms with Crippen molar-refractivity contribution in [3.05, 3.63) is 29.8 Å². The van der Waals surface area contributed by atoms with Crippen LogP contribution in [0.5, 0.6) is 5.75 Å². The maximum atomic E-state index is 5.53. The molecule has 1 fully saturated rings. The summed E-state index contributed by atoms with van der Waals surface area (Å²) >= 11 is 0. The average Bonchev–Trinajstić information content (AvgIpc) is 2.40. The first-order chi connectivity index (χ1) is 9.22. The summed E-state index contributed by atoms with van der Waals surface area (Å²) in [6.45, 7) is 7.25. The number of hydrogen-bond donors (Lipinski definition) is 1. The van der Waals surface area contributed by atoms with E-state index in [2.05, 4.69) is 30.4 Å². The molecule has 0 unspecified atom stereocenters. The molecule has 1 saturated carbocycles. The van der Waals surface area contributed by atoms with Gasteiger partial charge in [0, 0.05) is 13.1 Å². The molecule has 0 bridgehead atoms. The van der Waals surface area contributed by atoms with Crippen molar-refractivity contribution in [2.24, 2.45) is 5.41 Å². The third kappa shape index (κ3) is 4.54.